The fourth-order valence-corrected chi connectivity index (χ4v) is 3.10. The van der Waals surface area contributed by atoms with Crippen LogP contribution in [0.3, 0.4) is 0 Å². The molecular formula is C21H24FN3O3. The molecule has 0 saturated carbocycles. The maximum absolute atomic E-state index is 13.4. The molecule has 0 atom stereocenters. The molecule has 0 bridgehead atoms. The number of nitrogens with zero attached hydrogens (tertiary/aromatic N) is 3. The minimum Gasteiger partial charge on any atom is -0.467 e. The molecule has 2 heterocycles. The topological polar surface area (TPSA) is 62.7 Å². The third-order valence-electron chi connectivity index (χ3n) is 4.66. The van der Waals surface area contributed by atoms with Crippen LogP contribution < -0.4 is 4.90 Å². The predicted octanol–water partition coefficient (Wildman–Crippen LogP) is 4.47. The average Bonchev–Trinajstić information content (AvgIpc) is 3.34. The largest absolute Gasteiger partial charge is 0.467 e. The molecule has 0 aliphatic heterocycles. The van der Waals surface area contributed by atoms with Crippen LogP contribution in [0.5, 0.6) is 0 Å². The maximum Gasteiger partial charge on any atom is 0.232 e. The summed E-state index contributed by atoms with van der Waals surface area (Å²) in [5, 5.41) is 4.24. The van der Waals surface area contributed by atoms with E-state index in [0.29, 0.717) is 30.4 Å². The van der Waals surface area contributed by atoms with Crippen LogP contribution in [0.4, 0.5) is 10.3 Å². The minimum absolute atomic E-state index is 0.0897. The fraction of sp³-hybridized carbons (Fsp3) is 0.333. The molecule has 28 heavy (non-hydrogen) atoms. The average molecular weight is 385 g/mol. The van der Waals surface area contributed by atoms with Crippen molar-refractivity contribution in [1.29, 1.82) is 0 Å². The third-order valence-corrected chi connectivity index (χ3v) is 4.66. The fourth-order valence-electron chi connectivity index (χ4n) is 3.10. The Morgan fingerprint density at radius 1 is 1.11 bits per heavy atom. The minimum atomic E-state index is -0.319. The summed E-state index contributed by atoms with van der Waals surface area (Å²) < 4.78 is 24.4. The van der Waals surface area contributed by atoms with E-state index in [1.165, 1.54) is 19.1 Å². The molecule has 7 heteroatoms. The van der Waals surface area contributed by atoms with E-state index in [0.717, 1.165) is 24.2 Å². The lowest BCUT2D eigenvalue weighted by Crippen LogP contribution is -2.29. The van der Waals surface area contributed by atoms with Crippen LogP contribution in [0, 0.1) is 5.82 Å². The zero-order chi connectivity index (χ0) is 20.1. The molecule has 0 N–H and O–H groups in total. The summed E-state index contributed by atoms with van der Waals surface area (Å²) in [5.41, 5.74) is 2.13. The molecule has 0 unspecified atom stereocenters. The number of hydrogen-bond acceptors (Lipinski definition) is 5. The summed E-state index contributed by atoms with van der Waals surface area (Å²) in [6, 6.07) is 9.71. The number of aromatic nitrogens is 1. The van der Waals surface area contributed by atoms with Gasteiger partial charge in [-0.1, -0.05) is 5.16 Å². The van der Waals surface area contributed by atoms with Crippen molar-refractivity contribution in [3.63, 3.8) is 0 Å². The van der Waals surface area contributed by atoms with Crippen LogP contribution in [-0.4, -0.2) is 29.1 Å². The van der Waals surface area contributed by atoms with E-state index < -0.39 is 0 Å². The molecule has 0 spiro atoms. The molecule has 148 valence electrons. The van der Waals surface area contributed by atoms with Gasteiger partial charge in [-0.05, 0) is 50.2 Å². The monoisotopic (exact) mass is 385 g/mol. The third kappa shape index (κ3) is 4.24. The van der Waals surface area contributed by atoms with E-state index in [1.54, 1.807) is 29.4 Å². The Bertz CT molecular complexity index is 900. The van der Waals surface area contributed by atoms with Crippen molar-refractivity contribution >= 4 is 11.8 Å². The van der Waals surface area contributed by atoms with Gasteiger partial charge in [-0.15, -0.1) is 0 Å². The maximum atomic E-state index is 13.4. The van der Waals surface area contributed by atoms with Crippen molar-refractivity contribution < 1.29 is 18.1 Å². The molecule has 0 radical (unpaired) electrons. The first-order chi connectivity index (χ1) is 13.5. The van der Waals surface area contributed by atoms with Gasteiger partial charge in [0.15, 0.2) is 0 Å². The van der Waals surface area contributed by atoms with Crippen molar-refractivity contribution in [2.24, 2.45) is 0 Å². The predicted molar refractivity (Wildman–Crippen MR) is 104 cm³/mol. The smallest absolute Gasteiger partial charge is 0.232 e. The first-order valence-electron chi connectivity index (χ1n) is 9.30. The van der Waals surface area contributed by atoms with Crippen molar-refractivity contribution in [2.75, 3.05) is 18.0 Å². The van der Waals surface area contributed by atoms with Gasteiger partial charge in [0.1, 0.15) is 17.3 Å². The molecule has 1 aromatic carbocycles. The molecule has 2 aromatic heterocycles. The van der Waals surface area contributed by atoms with Crippen molar-refractivity contribution in [3.8, 4) is 11.3 Å². The number of furan rings is 1. The molecule has 0 aliphatic rings. The number of anilines is 1. The quantitative estimate of drug-likeness (QED) is 0.573. The zero-order valence-corrected chi connectivity index (χ0v) is 16.3. The second-order valence-corrected chi connectivity index (χ2v) is 6.45. The molecule has 6 nitrogen and oxygen atoms in total. The first kappa shape index (κ1) is 19.7. The molecule has 0 saturated heterocycles. The van der Waals surface area contributed by atoms with E-state index in [9.17, 15) is 9.18 Å². The molecule has 1 amide bonds. The molecule has 3 aromatic rings. The van der Waals surface area contributed by atoms with Gasteiger partial charge in [-0.3, -0.25) is 4.79 Å². The SMILES string of the molecule is CCN(CC)c1onc(-c2ccc(F)cc2)c1CN(Cc1ccco1)C(C)=O. The number of rotatable bonds is 8. The first-order valence-corrected chi connectivity index (χ1v) is 9.30. The van der Waals surface area contributed by atoms with E-state index in [1.807, 2.05) is 24.8 Å². The van der Waals surface area contributed by atoms with E-state index in [2.05, 4.69) is 5.16 Å². The van der Waals surface area contributed by atoms with Crippen LogP contribution in [0.15, 0.2) is 51.6 Å². The number of halogens is 1. The Labute approximate surface area is 163 Å². The highest BCUT2D eigenvalue weighted by Crippen LogP contribution is 2.33. The molecule has 0 fully saturated rings. The van der Waals surface area contributed by atoms with Crippen molar-refractivity contribution in [1.82, 2.24) is 10.1 Å². The lowest BCUT2D eigenvalue weighted by molar-refractivity contribution is -0.130. The molecule has 0 aliphatic carbocycles. The van der Waals surface area contributed by atoms with Gasteiger partial charge in [-0.25, -0.2) is 4.39 Å². The Balaban J connectivity index is 2.00. The number of benzene rings is 1. The van der Waals surface area contributed by atoms with E-state index in [4.69, 9.17) is 8.94 Å². The molecular weight excluding hydrogens is 361 g/mol. The van der Waals surface area contributed by atoms with Gasteiger partial charge in [0.25, 0.3) is 0 Å². The summed E-state index contributed by atoms with van der Waals surface area (Å²) in [6.07, 6.45) is 1.58. The molecule has 3 rings (SSSR count). The van der Waals surface area contributed by atoms with E-state index in [-0.39, 0.29) is 11.7 Å². The lowest BCUT2D eigenvalue weighted by Gasteiger charge is -2.23. The number of carbonyl (C=O) groups excluding carboxylic acids is 1. The Morgan fingerprint density at radius 2 is 1.82 bits per heavy atom. The van der Waals surface area contributed by atoms with Gasteiger partial charge < -0.3 is 18.7 Å². The summed E-state index contributed by atoms with van der Waals surface area (Å²) in [7, 11) is 0. The zero-order valence-electron chi connectivity index (χ0n) is 16.3. The van der Waals surface area contributed by atoms with E-state index >= 15 is 0 Å². The Morgan fingerprint density at radius 3 is 2.39 bits per heavy atom. The van der Waals surface area contributed by atoms with Crippen LogP contribution in [0.2, 0.25) is 0 Å². The highest BCUT2D eigenvalue weighted by atomic mass is 19.1. The normalized spacial score (nSPS) is 10.9. The van der Waals surface area contributed by atoms with Gasteiger partial charge in [0.05, 0.1) is 24.9 Å². The Kier molecular flexibility index (Phi) is 6.13. The van der Waals surface area contributed by atoms with Gasteiger partial charge in [-0.2, -0.15) is 0 Å². The second kappa shape index (κ2) is 8.73. The highest BCUT2D eigenvalue weighted by Gasteiger charge is 2.24. The highest BCUT2D eigenvalue weighted by molar-refractivity contribution is 5.75. The lowest BCUT2D eigenvalue weighted by atomic mass is 10.1. The number of amides is 1. The van der Waals surface area contributed by atoms with Crippen LogP contribution >= 0.6 is 0 Å². The number of carbonyl (C=O) groups is 1. The number of hydrogen-bond donors (Lipinski definition) is 0. The Hall–Kier alpha value is -3.09. The van der Waals surface area contributed by atoms with Crippen molar-refractivity contribution in [2.45, 2.75) is 33.9 Å². The second-order valence-electron chi connectivity index (χ2n) is 6.45. The van der Waals surface area contributed by atoms with Gasteiger partial charge in [0, 0.05) is 25.6 Å². The van der Waals surface area contributed by atoms with Gasteiger partial charge >= 0.3 is 0 Å². The summed E-state index contributed by atoms with van der Waals surface area (Å²) in [5.74, 6) is 0.906. The standard InChI is InChI=1S/C21H24FN3O3/c1-4-24(5-2)21-19(14-25(15(3)26)13-18-7-6-12-27-18)20(23-28-21)16-8-10-17(22)11-9-16/h6-12H,4-5,13-14H2,1-3H3. The van der Waals surface area contributed by atoms with Crippen LogP contribution in [-0.2, 0) is 17.9 Å². The summed E-state index contributed by atoms with van der Waals surface area (Å²) in [4.78, 5) is 16.0. The summed E-state index contributed by atoms with van der Waals surface area (Å²) in [6.45, 7) is 7.69. The van der Waals surface area contributed by atoms with Gasteiger partial charge in [0.2, 0.25) is 11.8 Å². The van der Waals surface area contributed by atoms with Crippen LogP contribution in [0.25, 0.3) is 11.3 Å². The van der Waals surface area contributed by atoms with Crippen molar-refractivity contribution in [3.05, 3.63) is 59.8 Å². The summed E-state index contributed by atoms with van der Waals surface area (Å²) >= 11 is 0. The van der Waals surface area contributed by atoms with Crippen LogP contribution in [0.1, 0.15) is 32.1 Å².